The second-order valence-electron chi connectivity index (χ2n) is 7.67. The Labute approximate surface area is 176 Å². The second-order valence-corrected chi connectivity index (χ2v) is 7.67. The maximum Gasteiger partial charge on any atom is 0.249 e. The van der Waals surface area contributed by atoms with Crippen LogP contribution in [0.3, 0.4) is 0 Å². The molecule has 2 aromatic rings. The lowest BCUT2D eigenvalue weighted by atomic mass is 10.2. The molecule has 30 heavy (non-hydrogen) atoms. The molecule has 0 aromatic carbocycles. The summed E-state index contributed by atoms with van der Waals surface area (Å²) in [5, 5.41) is 3.64. The Kier molecular flexibility index (Phi) is 6.10. The minimum Gasteiger partial charge on any atom is -0.378 e. The number of rotatable bonds is 4. The predicted octanol–water partition coefficient (Wildman–Crippen LogP) is 1.99. The number of carbonyl (C=O) groups is 1. The van der Waals surface area contributed by atoms with Gasteiger partial charge in [0.25, 0.3) is 0 Å². The number of ether oxygens (including phenoxy) is 2. The maximum atomic E-state index is 11.9. The Morgan fingerprint density at radius 2 is 1.83 bits per heavy atom. The van der Waals surface area contributed by atoms with Crippen LogP contribution >= 0.6 is 0 Å². The van der Waals surface area contributed by atoms with Crippen molar-refractivity contribution >= 4 is 34.5 Å². The van der Waals surface area contributed by atoms with Crippen molar-refractivity contribution in [1.29, 1.82) is 0 Å². The van der Waals surface area contributed by atoms with Gasteiger partial charge in [-0.05, 0) is 39.0 Å². The Bertz CT molecular complexity index is 934. The first-order valence-corrected chi connectivity index (χ1v) is 10.4. The summed E-state index contributed by atoms with van der Waals surface area (Å²) in [6.07, 6.45) is 3.35. The number of anilines is 3. The fourth-order valence-electron chi connectivity index (χ4n) is 3.87. The van der Waals surface area contributed by atoms with Crippen LogP contribution in [0.15, 0.2) is 24.3 Å². The molecule has 2 unspecified atom stereocenters. The van der Waals surface area contributed by atoms with Crippen LogP contribution in [0, 0.1) is 0 Å². The summed E-state index contributed by atoms with van der Waals surface area (Å²) in [6.45, 7) is 10.2. The summed E-state index contributed by atoms with van der Waals surface area (Å²) in [4.78, 5) is 30.6. The molecular weight excluding hydrogens is 384 g/mol. The number of hydrogen-bond donors (Lipinski definition) is 1. The van der Waals surface area contributed by atoms with Crippen molar-refractivity contribution in [3.05, 3.63) is 24.3 Å². The van der Waals surface area contributed by atoms with E-state index in [-0.39, 0.29) is 18.1 Å². The zero-order valence-corrected chi connectivity index (χ0v) is 17.7. The van der Waals surface area contributed by atoms with Gasteiger partial charge in [-0.15, -0.1) is 0 Å². The molecule has 160 valence electrons. The average Bonchev–Trinajstić information content (AvgIpc) is 2.73. The van der Waals surface area contributed by atoms with E-state index in [0.717, 1.165) is 37.4 Å². The monoisotopic (exact) mass is 412 g/mol. The van der Waals surface area contributed by atoms with Gasteiger partial charge in [-0.3, -0.25) is 4.79 Å². The van der Waals surface area contributed by atoms with Crippen molar-refractivity contribution in [3.63, 3.8) is 0 Å². The molecule has 9 heteroatoms. The van der Waals surface area contributed by atoms with E-state index in [0.29, 0.717) is 30.6 Å². The number of nitrogens with one attached hydrogen (secondary N) is 1. The lowest BCUT2D eigenvalue weighted by Gasteiger charge is -2.36. The van der Waals surface area contributed by atoms with Crippen LogP contribution < -0.4 is 15.1 Å². The fraction of sp³-hybridized carbons (Fsp3) is 0.524. The maximum absolute atomic E-state index is 11.9. The summed E-state index contributed by atoms with van der Waals surface area (Å²) in [6, 6.07) is 3.71. The van der Waals surface area contributed by atoms with Crippen LogP contribution in [-0.2, 0) is 14.3 Å². The summed E-state index contributed by atoms with van der Waals surface area (Å²) in [7, 11) is 0. The standard InChI is InChI=1S/C21H28N6O3/c1-4-5-18(28)22-17-7-6-16-19(23-17)24-21(27-12-14(2)30-15(3)13-27)25-20(16)26-8-10-29-11-9-26/h4-7,14-15H,8-13H2,1-3H3,(H,22,23,24,25,28)/b5-4+. The van der Waals surface area contributed by atoms with E-state index in [4.69, 9.17) is 19.4 Å². The van der Waals surface area contributed by atoms with Gasteiger partial charge in [-0.1, -0.05) is 6.08 Å². The van der Waals surface area contributed by atoms with Crippen LogP contribution in [0.4, 0.5) is 17.6 Å². The summed E-state index contributed by atoms with van der Waals surface area (Å²) >= 11 is 0. The topological polar surface area (TPSA) is 92.7 Å². The first-order chi connectivity index (χ1) is 14.5. The van der Waals surface area contributed by atoms with Gasteiger partial charge in [0.2, 0.25) is 11.9 Å². The second kappa shape index (κ2) is 8.93. The largest absolute Gasteiger partial charge is 0.378 e. The molecule has 2 fully saturated rings. The van der Waals surface area contributed by atoms with Crippen LogP contribution in [0.5, 0.6) is 0 Å². The van der Waals surface area contributed by atoms with E-state index in [1.807, 2.05) is 6.07 Å². The molecule has 2 aliphatic heterocycles. The molecule has 2 aromatic heterocycles. The van der Waals surface area contributed by atoms with E-state index in [2.05, 4.69) is 33.9 Å². The van der Waals surface area contributed by atoms with Crippen molar-refractivity contribution < 1.29 is 14.3 Å². The van der Waals surface area contributed by atoms with Crippen LogP contribution in [0.25, 0.3) is 11.0 Å². The van der Waals surface area contributed by atoms with Crippen molar-refractivity contribution in [3.8, 4) is 0 Å². The minimum atomic E-state index is -0.220. The normalized spacial score (nSPS) is 22.6. The molecule has 0 saturated carbocycles. The number of aromatic nitrogens is 3. The molecule has 1 N–H and O–H groups in total. The van der Waals surface area contributed by atoms with Gasteiger partial charge in [-0.25, -0.2) is 4.98 Å². The highest BCUT2D eigenvalue weighted by Crippen LogP contribution is 2.28. The van der Waals surface area contributed by atoms with Gasteiger partial charge >= 0.3 is 0 Å². The smallest absolute Gasteiger partial charge is 0.249 e. The quantitative estimate of drug-likeness (QED) is 0.762. The van der Waals surface area contributed by atoms with E-state index in [9.17, 15) is 4.79 Å². The minimum absolute atomic E-state index is 0.0966. The number of morpholine rings is 2. The lowest BCUT2D eigenvalue weighted by molar-refractivity contribution is -0.111. The van der Waals surface area contributed by atoms with Crippen molar-refractivity contribution in [1.82, 2.24) is 15.0 Å². The van der Waals surface area contributed by atoms with Crippen LogP contribution in [-0.4, -0.2) is 72.5 Å². The van der Waals surface area contributed by atoms with Gasteiger partial charge in [-0.2, -0.15) is 9.97 Å². The highest BCUT2D eigenvalue weighted by molar-refractivity contribution is 5.99. The van der Waals surface area contributed by atoms with E-state index in [1.165, 1.54) is 6.08 Å². The third kappa shape index (κ3) is 4.52. The molecule has 0 aliphatic carbocycles. The Balaban J connectivity index is 1.75. The first-order valence-electron chi connectivity index (χ1n) is 10.4. The number of carbonyl (C=O) groups excluding carboxylic acids is 1. The number of hydrogen-bond acceptors (Lipinski definition) is 8. The van der Waals surface area contributed by atoms with E-state index >= 15 is 0 Å². The van der Waals surface area contributed by atoms with Gasteiger partial charge in [0.05, 0.1) is 30.8 Å². The molecule has 2 aliphatic rings. The van der Waals surface area contributed by atoms with Crippen molar-refractivity contribution in [2.24, 2.45) is 0 Å². The van der Waals surface area contributed by atoms with Crippen molar-refractivity contribution in [2.75, 3.05) is 54.5 Å². The van der Waals surface area contributed by atoms with Gasteiger partial charge in [0.15, 0.2) is 5.65 Å². The molecule has 0 radical (unpaired) electrons. The molecule has 2 saturated heterocycles. The third-order valence-corrected chi connectivity index (χ3v) is 5.11. The SMILES string of the molecule is C/C=C/C(=O)Nc1ccc2c(N3CCOCC3)nc(N3CC(C)OC(C)C3)nc2n1. The van der Waals surface area contributed by atoms with E-state index < -0.39 is 0 Å². The van der Waals surface area contributed by atoms with Crippen LogP contribution in [0.2, 0.25) is 0 Å². The van der Waals surface area contributed by atoms with Gasteiger partial charge in [0.1, 0.15) is 11.6 Å². The number of amides is 1. The first kappa shape index (κ1) is 20.5. The lowest BCUT2D eigenvalue weighted by Crippen LogP contribution is -2.46. The molecule has 4 rings (SSSR count). The Hall–Kier alpha value is -2.78. The number of nitrogens with zero attached hydrogens (tertiary/aromatic N) is 5. The summed E-state index contributed by atoms with van der Waals surface area (Å²) < 4.78 is 11.4. The molecule has 4 heterocycles. The summed E-state index contributed by atoms with van der Waals surface area (Å²) in [5.74, 6) is 1.73. The molecule has 1 amide bonds. The highest BCUT2D eigenvalue weighted by atomic mass is 16.5. The Morgan fingerprint density at radius 3 is 2.53 bits per heavy atom. The molecular formula is C21H28N6O3. The van der Waals surface area contributed by atoms with Gasteiger partial charge < -0.3 is 24.6 Å². The number of pyridine rings is 1. The summed E-state index contributed by atoms with van der Waals surface area (Å²) in [5.41, 5.74) is 0.562. The number of allylic oxidation sites excluding steroid dienone is 1. The number of fused-ring (bicyclic) bond motifs is 1. The Morgan fingerprint density at radius 1 is 1.10 bits per heavy atom. The fourth-order valence-corrected chi connectivity index (χ4v) is 3.87. The average molecular weight is 412 g/mol. The zero-order chi connectivity index (χ0) is 21.1. The van der Waals surface area contributed by atoms with Gasteiger partial charge in [0, 0.05) is 26.2 Å². The molecule has 0 bridgehead atoms. The third-order valence-electron chi connectivity index (χ3n) is 5.11. The van der Waals surface area contributed by atoms with E-state index in [1.54, 1.807) is 19.1 Å². The van der Waals surface area contributed by atoms with Crippen LogP contribution in [0.1, 0.15) is 20.8 Å². The van der Waals surface area contributed by atoms with Crippen molar-refractivity contribution in [2.45, 2.75) is 33.0 Å². The predicted molar refractivity (Wildman–Crippen MR) is 116 cm³/mol. The highest BCUT2D eigenvalue weighted by Gasteiger charge is 2.26. The molecule has 2 atom stereocenters. The zero-order valence-electron chi connectivity index (χ0n) is 17.7. The molecule has 0 spiro atoms. The molecule has 9 nitrogen and oxygen atoms in total.